The Kier molecular flexibility index (Phi) is 5.51. The number of amides is 3. The molecule has 2 aliphatic heterocycles. The van der Waals surface area contributed by atoms with E-state index in [1.165, 1.54) is 0 Å². The number of hydrogen-bond acceptors (Lipinski definition) is 4. The minimum absolute atomic E-state index is 0.0338. The molecule has 0 spiro atoms. The lowest BCUT2D eigenvalue weighted by Gasteiger charge is -2.35. The standard InChI is InChI=1S/C16H23N3O3S/c20-15(18-6-8-22-9-7-18)14-1-4-19(5-2-14)16(21)17-11-13-3-10-23-12-13/h3,10,12,14H,1-2,4-9,11H2,(H,17,21). The zero-order chi connectivity index (χ0) is 16.1. The van der Waals surface area contributed by atoms with E-state index in [0.717, 1.165) is 18.4 Å². The van der Waals surface area contributed by atoms with Gasteiger partial charge in [-0.15, -0.1) is 0 Å². The molecule has 3 rings (SSSR count). The lowest BCUT2D eigenvalue weighted by Crippen LogP contribution is -2.49. The second kappa shape index (κ2) is 7.79. The van der Waals surface area contributed by atoms with Crippen LogP contribution < -0.4 is 5.32 Å². The van der Waals surface area contributed by atoms with E-state index in [1.54, 1.807) is 11.3 Å². The summed E-state index contributed by atoms with van der Waals surface area (Å²) in [4.78, 5) is 28.4. The number of urea groups is 1. The number of rotatable bonds is 3. The molecule has 2 aliphatic rings. The van der Waals surface area contributed by atoms with E-state index < -0.39 is 0 Å². The molecule has 2 fully saturated rings. The average Bonchev–Trinajstić information content (AvgIpc) is 3.13. The van der Waals surface area contributed by atoms with Crippen LogP contribution in [0.2, 0.25) is 0 Å². The van der Waals surface area contributed by atoms with Crippen LogP contribution in [0.15, 0.2) is 16.8 Å². The topological polar surface area (TPSA) is 61.9 Å². The lowest BCUT2D eigenvalue weighted by molar-refractivity contribution is -0.141. The summed E-state index contributed by atoms with van der Waals surface area (Å²) in [6, 6.07) is 1.98. The molecule has 0 saturated carbocycles. The van der Waals surface area contributed by atoms with Crippen LogP contribution in [0.4, 0.5) is 4.79 Å². The van der Waals surface area contributed by atoms with Gasteiger partial charge >= 0.3 is 6.03 Å². The monoisotopic (exact) mass is 337 g/mol. The second-order valence-electron chi connectivity index (χ2n) is 5.99. The number of hydrogen-bond donors (Lipinski definition) is 1. The largest absolute Gasteiger partial charge is 0.378 e. The Bertz CT molecular complexity index is 521. The van der Waals surface area contributed by atoms with Crippen LogP contribution in [0.1, 0.15) is 18.4 Å². The number of carbonyl (C=O) groups is 2. The maximum absolute atomic E-state index is 12.5. The molecule has 23 heavy (non-hydrogen) atoms. The molecular weight excluding hydrogens is 314 g/mol. The van der Waals surface area contributed by atoms with Gasteiger partial charge in [-0.3, -0.25) is 4.79 Å². The van der Waals surface area contributed by atoms with Crippen molar-refractivity contribution in [2.75, 3.05) is 39.4 Å². The highest BCUT2D eigenvalue weighted by Gasteiger charge is 2.30. The van der Waals surface area contributed by atoms with Crippen LogP contribution >= 0.6 is 11.3 Å². The smallest absolute Gasteiger partial charge is 0.317 e. The van der Waals surface area contributed by atoms with Crippen molar-refractivity contribution < 1.29 is 14.3 Å². The van der Waals surface area contributed by atoms with Crippen molar-refractivity contribution in [1.29, 1.82) is 0 Å². The molecule has 6 nitrogen and oxygen atoms in total. The predicted octanol–water partition coefficient (Wildman–Crippen LogP) is 1.53. The number of likely N-dealkylation sites (tertiary alicyclic amines) is 1. The Morgan fingerprint density at radius 3 is 2.57 bits per heavy atom. The van der Waals surface area contributed by atoms with Crippen molar-refractivity contribution in [3.63, 3.8) is 0 Å². The van der Waals surface area contributed by atoms with Crippen LogP contribution in [0.25, 0.3) is 0 Å². The van der Waals surface area contributed by atoms with Gasteiger partial charge in [0.1, 0.15) is 0 Å². The van der Waals surface area contributed by atoms with Gasteiger partial charge in [0.2, 0.25) is 5.91 Å². The van der Waals surface area contributed by atoms with E-state index in [2.05, 4.69) is 5.32 Å². The van der Waals surface area contributed by atoms with E-state index in [-0.39, 0.29) is 17.9 Å². The molecule has 1 aromatic rings. The maximum atomic E-state index is 12.5. The molecule has 7 heteroatoms. The molecule has 0 aromatic carbocycles. The van der Waals surface area contributed by atoms with E-state index in [4.69, 9.17) is 4.74 Å². The molecule has 0 unspecified atom stereocenters. The number of morpholine rings is 1. The van der Waals surface area contributed by atoms with E-state index in [0.29, 0.717) is 45.9 Å². The Balaban J connectivity index is 1.42. The van der Waals surface area contributed by atoms with E-state index in [1.807, 2.05) is 26.6 Å². The number of nitrogens with one attached hydrogen (secondary N) is 1. The summed E-state index contributed by atoms with van der Waals surface area (Å²) in [6.07, 6.45) is 1.50. The number of nitrogens with zero attached hydrogens (tertiary/aromatic N) is 2. The molecule has 3 amide bonds. The summed E-state index contributed by atoms with van der Waals surface area (Å²) in [7, 11) is 0. The number of piperidine rings is 1. The first kappa shape index (κ1) is 16.3. The van der Waals surface area contributed by atoms with Crippen molar-refractivity contribution in [1.82, 2.24) is 15.1 Å². The van der Waals surface area contributed by atoms with Gasteiger partial charge in [0, 0.05) is 38.6 Å². The van der Waals surface area contributed by atoms with Crippen molar-refractivity contribution in [3.8, 4) is 0 Å². The summed E-state index contributed by atoms with van der Waals surface area (Å²) in [5.41, 5.74) is 1.13. The summed E-state index contributed by atoms with van der Waals surface area (Å²) in [6.45, 7) is 4.52. The van der Waals surface area contributed by atoms with Crippen LogP contribution in [0.3, 0.4) is 0 Å². The van der Waals surface area contributed by atoms with Gasteiger partial charge in [-0.1, -0.05) is 0 Å². The SMILES string of the molecule is O=C(NCc1ccsc1)N1CCC(C(=O)N2CCOCC2)CC1. The minimum Gasteiger partial charge on any atom is -0.378 e. The number of carbonyl (C=O) groups excluding carboxylic acids is 2. The fraction of sp³-hybridized carbons (Fsp3) is 0.625. The van der Waals surface area contributed by atoms with Gasteiger partial charge in [0.05, 0.1) is 13.2 Å². The van der Waals surface area contributed by atoms with Gasteiger partial charge in [-0.05, 0) is 35.2 Å². The molecule has 2 saturated heterocycles. The molecule has 0 aliphatic carbocycles. The van der Waals surface area contributed by atoms with Crippen molar-refractivity contribution in [3.05, 3.63) is 22.4 Å². The Hall–Kier alpha value is -1.60. The highest BCUT2D eigenvalue weighted by molar-refractivity contribution is 7.07. The van der Waals surface area contributed by atoms with Gasteiger partial charge < -0.3 is 19.9 Å². The van der Waals surface area contributed by atoms with Crippen LogP contribution in [0.5, 0.6) is 0 Å². The van der Waals surface area contributed by atoms with Crippen LogP contribution in [-0.2, 0) is 16.1 Å². The van der Waals surface area contributed by atoms with Crippen LogP contribution in [-0.4, -0.2) is 61.1 Å². The van der Waals surface area contributed by atoms with Gasteiger partial charge in [-0.25, -0.2) is 4.79 Å². The van der Waals surface area contributed by atoms with Crippen molar-refractivity contribution >= 4 is 23.3 Å². The zero-order valence-electron chi connectivity index (χ0n) is 13.2. The average molecular weight is 337 g/mol. The molecule has 3 heterocycles. The number of ether oxygens (including phenoxy) is 1. The van der Waals surface area contributed by atoms with Gasteiger partial charge in [0.25, 0.3) is 0 Å². The fourth-order valence-corrected chi connectivity index (χ4v) is 3.72. The Labute approximate surface area is 140 Å². The van der Waals surface area contributed by atoms with Crippen molar-refractivity contribution in [2.45, 2.75) is 19.4 Å². The first-order valence-corrected chi connectivity index (χ1v) is 9.08. The summed E-state index contributed by atoms with van der Waals surface area (Å²) in [5, 5.41) is 6.98. The van der Waals surface area contributed by atoms with E-state index >= 15 is 0 Å². The quantitative estimate of drug-likeness (QED) is 0.910. The maximum Gasteiger partial charge on any atom is 0.317 e. The third-order valence-electron chi connectivity index (χ3n) is 4.48. The normalized spacial score (nSPS) is 19.7. The highest BCUT2D eigenvalue weighted by atomic mass is 32.1. The molecule has 1 aromatic heterocycles. The van der Waals surface area contributed by atoms with Crippen molar-refractivity contribution in [2.24, 2.45) is 5.92 Å². The fourth-order valence-electron chi connectivity index (χ4n) is 3.05. The summed E-state index contributed by atoms with van der Waals surface area (Å²) < 4.78 is 5.29. The minimum atomic E-state index is -0.0338. The molecule has 0 atom stereocenters. The number of thiophene rings is 1. The second-order valence-corrected chi connectivity index (χ2v) is 6.77. The highest BCUT2D eigenvalue weighted by Crippen LogP contribution is 2.20. The first-order chi connectivity index (χ1) is 11.2. The molecule has 1 N–H and O–H groups in total. The molecule has 0 bridgehead atoms. The van der Waals surface area contributed by atoms with E-state index in [9.17, 15) is 9.59 Å². The summed E-state index contributed by atoms with van der Waals surface area (Å²) >= 11 is 1.63. The van der Waals surface area contributed by atoms with Gasteiger partial charge in [0.15, 0.2) is 0 Å². The Morgan fingerprint density at radius 2 is 1.91 bits per heavy atom. The molecular formula is C16H23N3O3S. The lowest BCUT2D eigenvalue weighted by atomic mass is 9.95. The third-order valence-corrected chi connectivity index (χ3v) is 5.21. The summed E-state index contributed by atoms with van der Waals surface area (Å²) in [5.74, 6) is 0.278. The van der Waals surface area contributed by atoms with Gasteiger partial charge in [-0.2, -0.15) is 11.3 Å². The van der Waals surface area contributed by atoms with Crippen LogP contribution in [0, 0.1) is 5.92 Å². The molecule has 0 radical (unpaired) electrons. The Morgan fingerprint density at radius 1 is 1.17 bits per heavy atom. The zero-order valence-corrected chi connectivity index (χ0v) is 14.0. The predicted molar refractivity (Wildman–Crippen MR) is 88.3 cm³/mol. The third kappa shape index (κ3) is 4.23. The molecule has 126 valence electrons. The first-order valence-electron chi connectivity index (χ1n) is 8.14.